The third-order valence-corrected chi connectivity index (χ3v) is 5.33. The second-order valence-corrected chi connectivity index (χ2v) is 8.18. The van der Waals surface area contributed by atoms with Gasteiger partial charge in [-0.25, -0.2) is 0 Å². The van der Waals surface area contributed by atoms with Crippen molar-refractivity contribution < 1.29 is 0 Å². The second kappa shape index (κ2) is 8.98. The molecule has 124 valence electrons. The highest BCUT2D eigenvalue weighted by molar-refractivity contribution is 4.96. The maximum Gasteiger partial charge on any atom is 0.0158 e. The smallest absolute Gasteiger partial charge is 0.0158 e. The molecule has 1 fully saturated rings. The number of hydrogen-bond acceptors (Lipinski definition) is 1. The molecule has 1 heterocycles. The molecule has 0 spiro atoms. The summed E-state index contributed by atoms with van der Waals surface area (Å²) in [5.74, 6) is 0. The van der Waals surface area contributed by atoms with Gasteiger partial charge in [0.25, 0.3) is 0 Å². The molecule has 1 aliphatic rings. The largest absolute Gasteiger partial charge is 0.293 e. The summed E-state index contributed by atoms with van der Waals surface area (Å²) in [4.78, 5) is 2.79. The molecular weight excluding hydrogens is 254 g/mol. The van der Waals surface area contributed by atoms with E-state index in [1.807, 2.05) is 6.08 Å². The number of hydrogen-bond donors (Lipinski definition) is 0. The Morgan fingerprint density at radius 3 is 1.81 bits per heavy atom. The van der Waals surface area contributed by atoms with Crippen molar-refractivity contribution in [1.29, 1.82) is 0 Å². The second-order valence-electron chi connectivity index (χ2n) is 8.18. The van der Waals surface area contributed by atoms with Crippen LogP contribution in [0.1, 0.15) is 98.3 Å². The summed E-state index contributed by atoms with van der Waals surface area (Å²) in [7, 11) is 0. The molecular formula is C20H39N. The van der Waals surface area contributed by atoms with Crippen LogP contribution in [0.5, 0.6) is 0 Å². The molecule has 0 unspecified atom stereocenters. The van der Waals surface area contributed by atoms with Gasteiger partial charge in [-0.1, -0.05) is 38.2 Å². The minimum absolute atomic E-state index is 0.395. The molecule has 0 atom stereocenters. The first kappa shape index (κ1) is 18.7. The number of piperidine rings is 1. The van der Waals surface area contributed by atoms with Gasteiger partial charge in [-0.2, -0.15) is 0 Å². The molecule has 0 N–H and O–H groups in total. The molecule has 1 aliphatic heterocycles. The first-order valence-electron chi connectivity index (χ1n) is 9.29. The quantitative estimate of drug-likeness (QED) is 0.336. The van der Waals surface area contributed by atoms with Crippen molar-refractivity contribution >= 4 is 0 Å². The summed E-state index contributed by atoms with van der Waals surface area (Å²) >= 11 is 0. The van der Waals surface area contributed by atoms with E-state index in [4.69, 9.17) is 0 Å². The van der Waals surface area contributed by atoms with Crippen molar-refractivity contribution in [3.8, 4) is 0 Å². The van der Waals surface area contributed by atoms with E-state index in [1.165, 1.54) is 77.2 Å². The van der Waals surface area contributed by atoms with E-state index in [9.17, 15) is 0 Å². The molecule has 0 saturated carbocycles. The van der Waals surface area contributed by atoms with E-state index in [0.29, 0.717) is 11.1 Å². The summed E-state index contributed by atoms with van der Waals surface area (Å²) in [5, 5.41) is 0. The normalized spacial score (nSPS) is 21.3. The van der Waals surface area contributed by atoms with Crippen LogP contribution in [0.2, 0.25) is 0 Å². The molecule has 0 radical (unpaired) electrons. The van der Waals surface area contributed by atoms with Gasteiger partial charge in [0.05, 0.1) is 0 Å². The minimum Gasteiger partial charge on any atom is -0.293 e. The zero-order valence-corrected chi connectivity index (χ0v) is 15.2. The Balaban J connectivity index is 2.14. The Kier molecular flexibility index (Phi) is 8.02. The topological polar surface area (TPSA) is 3.24 Å². The van der Waals surface area contributed by atoms with Gasteiger partial charge in [0.2, 0.25) is 0 Å². The Morgan fingerprint density at radius 1 is 0.810 bits per heavy atom. The van der Waals surface area contributed by atoms with Crippen molar-refractivity contribution in [1.82, 2.24) is 4.90 Å². The number of unbranched alkanes of at least 4 members (excludes halogenated alkanes) is 7. The lowest BCUT2D eigenvalue weighted by Crippen LogP contribution is -2.58. The zero-order chi connectivity index (χ0) is 15.8. The van der Waals surface area contributed by atoms with Crippen molar-refractivity contribution in [2.45, 2.75) is 109 Å². The lowest BCUT2D eigenvalue weighted by Gasteiger charge is -2.53. The molecule has 0 aromatic carbocycles. The van der Waals surface area contributed by atoms with Crippen LogP contribution in [0.25, 0.3) is 0 Å². The molecule has 0 bridgehead atoms. The highest BCUT2D eigenvalue weighted by Gasteiger charge is 2.40. The van der Waals surface area contributed by atoms with Crippen LogP contribution in [0, 0.1) is 0 Å². The van der Waals surface area contributed by atoms with Crippen LogP contribution >= 0.6 is 0 Å². The first-order valence-corrected chi connectivity index (χ1v) is 9.29. The average Bonchev–Trinajstić information content (AvgIpc) is 2.38. The predicted molar refractivity (Wildman–Crippen MR) is 95.8 cm³/mol. The van der Waals surface area contributed by atoms with Crippen molar-refractivity contribution in [3.05, 3.63) is 12.7 Å². The van der Waals surface area contributed by atoms with Crippen LogP contribution < -0.4 is 0 Å². The Bertz CT molecular complexity index is 274. The third kappa shape index (κ3) is 6.55. The number of likely N-dealkylation sites (tertiary alicyclic amines) is 1. The van der Waals surface area contributed by atoms with Crippen LogP contribution in [0.3, 0.4) is 0 Å². The zero-order valence-electron chi connectivity index (χ0n) is 15.2. The summed E-state index contributed by atoms with van der Waals surface area (Å²) in [6.07, 6.45) is 17.1. The van der Waals surface area contributed by atoms with E-state index < -0.39 is 0 Å². The fraction of sp³-hybridized carbons (Fsp3) is 0.900. The van der Waals surface area contributed by atoms with Crippen molar-refractivity contribution in [3.63, 3.8) is 0 Å². The first-order chi connectivity index (χ1) is 9.90. The van der Waals surface area contributed by atoms with Gasteiger partial charge in [0.15, 0.2) is 0 Å². The lowest BCUT2D eigenvalue weighted by molar-refractivity contribution is -0.0276. The maximum absolute atomic E-state index is 3.78. The summed E-state index contributed by atoms with van der Waals surface area (Å²) in [6.45, 7) is 14.8. The van der Waals surface area contributed by atoms with Gasteiger partial charge in [-0.05, 0) is 72.8 Å². The maximum atomic E-state index is 3.78. The Labute approximate surface area is 134 Å². The fourth-order valence-electron chi connectivity index (χ4n) is 4.09. The average molecular weight is 294 g/mol. The van der Waals surface area contributed by atoms with E-state index in [0.717, 1.165) is 0 Å². The Hall–Kier alpha value is -0.300. The number of rotatable bonds is 10. The molecule has 0 aromatic heterocycles. The van der Waals surface area contributed by atoms with E-state index >= 15 is 0 Å². The van der Waals surface area contributed by atoms with Gasteiger partial charge in [0, 0.05) is 11.1 Å². The van der Waals surface area contributed by atoms with Gasteiger partial charge < -0.3 is 0 Å². The SMILES string of the molecule is C=CCCCCCCCCCN1C(C)(C)CCCC1(C)C. The van der Waals surface area contributed by atoms with E-state index in [2.05, 4.69) is 39.2 Å². The molecule has 21 heavy (non-hydrogen) atoms. The molecule has 0 amide bonds. The number of allylic oxidation sites excluding steroid dienone is 1. The van der Waals surface area contributed by atoms with Crippen LogP contribution in [0.15, 0.2) is 12.7 Å². The lowest BCUT2D eigenvalue weighted by atomic mass is 9.79. The van der Waals surface area contributed by atoms with Crippen molar-refractivity contribution in [2.24, 2.45) is 0 Å². The molecule has 0 aromatic rings. The highest BCUT2D eigenvalue weighted by Crippen LogP contribution is 2.38. The Morgan fingerprint density at radius 2 is 1.29 bits per heavy atom. The summed E-state index contributed by atoms with van der Waals surface area (Å²) < 4.78 is 0. The molecule has 1 nitrogen and oxygen atoms in total. The number of nitrogens with zero attached hydrogens (tertiary/aromatic N) is 1. The fourth-order valence-corrected chi connectivity index (χ4v) is 4.09. The highest BCUT2D eigenvalue weighted by atomic mass is 15.3. The monoisotopic (exact) mass is 293 g/mol. The van der Waals surface area contributed by atoms with E-state index in [-0.39, 0.29) is 0 Å². The standard InChI is InChI=1S/C20H39N/c1-6-7-8-9-10-11-12-13-14-18-21-19(2,3)16-15-17-20(21,4)5/h6H,1,7-18H2,2-5H3. The van der Waals surface area contributed by atoms with Crippen LogP contribution in [0.4, 0.5) is 0 Å². The van der Waals surface area contributed by atoms with Gasteiger partial charge in [0.1, 0.15) is 0 Å². The van der Waals surface area contributed by atoms with Crippen LogP contribution in [-0.2, 0) is 0 Å². The molecule has 1 heteroatoms. The molecule has 1 rings (SSSR count). The van der Waals surface area contributed by atoms with Gasteiger partial charge >= 0.3 is 0 Å². The predicted octanol–water partition coefficient (Wildman–Crippen LogP) is 6.34. The van der Waals surface area contributed by atoms with E-state index in [1.54, 1.807) is 0 Å². The van der Waals surface area contributed by atoms with Gasteiger partial charge in [-0.3, -0.25) is 4.90 Å². The minimum atomic E-state index is 0.395. The van der Waals surface area contributed by atoms with Crippen molar-refractivity contribution in [2.75, 3.05) is 6.54 Å². The van der Waals surface area contributed by atoms with Crippen LogP contribution in [-0.4, -0.2) is 22.5 Å². The molecule has 1 saturated heterocycles. The summed E-state index contributed by atoms with van der Waals surface area (Å²) in [6, 6.07) is 0. The van der Waals surface area contributed by atoms with Gasteiger partial charge in [-0.15, -0.1) is 6.58 Å². The summed E-state index contributed by atoms with van der Waals surface area (Å²) in [5.41, 5.74) is 0.791. The third-order valence-electron chi connectivity index (χ3n) is 5.33. The molecule has 0 aliphatic carbocycles.